The van der Waals surface area contributed by atoms with Crippen LogP contribution >= 0.6 is 15.9 Å². The van der Waals surface area contributed by atoms with Crippen molar-refractivity contribution in [2.75, 3.05) is 33.3 Å². The van der Waals surface area contributed by atoms with Gasteiger partial charge in [0, 0.05) is 29.7 Å². The molecule has 0 unspecified atom stereocenters. The number of hydrogen-bond donors (Lipinski definition) is 1. The van der Waals surface area contributed by atoms with Crippen LogP contribution in [0.25, 0.3) is 0 Å². The predicted molar refractivity (Wildman–Crippen MR) is 84.8 cm³/mol. The third-order valence-corrected chi connectivity index (χ3v) is 3.50. The molecule has 3 nitrogen and oxygen atoms in total. The molecule has 0 spiro atoms. The van der Waals surface area contributed by atoms with Crippen LogP contribution in [0.3, 0.4) is 0 Å². The van der Waals surface area contributed by atoms with Crippen LogP contribution in [-0.2, 0) is 6.54 Å². The van der Waals surface area contributed by atoms with E-state index in [2.05, 4.69) is 53.1 Å². The first-order valence-electron chi connectivity index (χ1n) is 6.97. The molecule has 0 aliphatic rings. The molecule has 0 saturated carbocycles. The smallest absolute Gasteiger partial charge is 0.123 e. The highest BCUT2D eigenvalue weighted by Crippen LogP contribution is 2.23. The zero-order valence-electron chi connectivity index (χ0n) is 12.2. The van der Waals surface area contributed by atoms with Crippen LogP contribution in [-0.4, -0.2) is 38.2 Å². The van der Waals surface area contributed by atoms with Crippen molar-refractivity contribution in [3.8, 4) is 5.75 Å². The van der Waals surface area contributed by atoms with Crippen molar-refractivity contribution < 1.29 is 4.74 Å². The molecule has 19 heavy (non-hydrogen) atoms. The minimum atomic E-state index is 0.771. The van der Waals surface area contributed by atoms with Gasteiger partial charge in [0.15, 0.2) is 0 Å². The first-order chi connectivity index (χ1) is 9.17. The Balaban J connectivity index is 2.48. The van der Waals surface area contributed by atoms with Crippen molar-refractivity contribution in [3.63, 3.8) is 0 Å². The van der Waals surface area contributed by atoms with Crippen LogP contribution in [0.15, 0.2) is 22.7 Å². The van der Waals surface area contributed by atoms with Gasteiger partial charge in [-0.1, -0.05) is 29.8 Å². The summed E-state index contributed by atoms with van der Waals surface area (Å²) in [7, 11) is 2.14. The number of hydrogen-bond acceptors (Lipinski definition) is 3. The number of likely N-dealkylation sites (N-methyl/N-ethyl adjacent to an activating group) is 1. The topological polar surface area (TPSA) is 24.5 Å². The Bertz CT molecular complexity index is 371. The molecule has 1 aromatic carbocycles. The van der Waals surface area contributed by atoms with Gasteiger partial charge in [0.05, 0.1) is 6.61 Å². The molecule has 0 aromatic heterocycles. The molecule has 0 saturated heterocycles. The van der Waals surface area contributed by atoms with E-state index in [4.69, 9.17) is 4.74 Å². The van der Waals surface area contributed by atoms with Gasteiger partial charge in [-0.15, -0.1) is 0 Å². The van der Waals surface area contributed by atoms with Crippen LogP contribution in [0.4, 0.5) is 0 Å². The second-order valence-electron chi connectivity index (χ2n) is 4.67. The third kappa shape index (κ3) is 6.41. The summed E-state index contributed by atoms with van der Waals surface area (Å²) in [5.41, 5.74) is 1.21. The predicted octanol–water partition coefficient (Wildman–Crippen LogP) is 3.28. The number of rotatable bonds is 9. The van der Waals surface area contributed by atoms with E-state index < -0.39 is 0 Å². The Morgan fingerprint density at radius 1 is 1.32 bits per heavy atom. The van der Waals surface area contributed by atoms with E-state index in [-0.39, 0.29) is 0 Å². The number of nitrogens with one attached hydrogen (secondary N) is 1. The van der Waals surface area contributed by atoms with Crippen molar-refractivity contribution in [2.45, 2.75) is 26.8 Å². The van der Waals surface area contributed by atoms with E-state index >= 15 is 0 Å². The second-order valence-corrected chi connectivity index (χ2v) is 5.59. The molecule has 0 fully saturated rings. The Morgan fingerprint density at radius 2 is 2.11 bits per heavy atom. The zero-order chi connectivity index (χ0) is 14.1. The fourth-order valence-corrected chi connectivity index (χ4v) is 2.10. The van der Waals surface area contributed by atoms with E-state index in [9.17, 15) is 0 Å². The number of nitrogens with zero attached hydrogens (tertiary/aromatic N) is 1. The lowest BCUT2D eigenvalue weighted by Crippen LogP contribution is -2.28. The van der Waals surface area contributed by atoms with Gasteiger partial charge in [0.25, 0.3) is 0 Å². The van der Waals surface area contributed by atoms with Gasteiger partial charge in [-0.2, -0.15) is 0 Å². The van der Waals surface area contributed by atoms with Crippen molar-refractivity contribution in [2.24, 2.45) is 0 Å². The van der Waals surface area contributed by atoms with E-state index in [1.165, 1.54) is 5.56 Å². The van der Waals surface area contributed by atoms with Gasteiger partial charge in [-0.05, 0) is 38.2 Å². The first-order valence-corrected chi connectivity index (χ1v) is 7.77. The van der Waals surface area contributed by atoms with Gasteiger partial charge in [-0.3, -0.25) is 0 Å². The van der Waals surface area contributed by atoms with Gasteiger partial charge in [-0.25, -0.2) is 0 Å². The largest absolute Gasteiger partial charge is 0.493 e. The third-order valence-electron chi connectivity index (χ3n) is 3.01. The molecular formula is C15H25BrN2O. The number of halogens is 1. The summed E-state index contributed by atoms with van der Waals surface area (Å²) in [4.78, 5) is 2.29. The second kappa shape index (κ2) is 9.34. The molecule has 0 radical (unpaired) electrons. The van der Waals surface area contributed by atoms with Gasteiger partial charge in [0.1, 0.15) is 5.75 Å². The van der Waals surface area contributed by atoms with Crippen molar-refractivity contribution in [1.29, 1.82) is 0 Å². The van der Waals surface area contributed by atoms with Crippen molar-refractivity contribution >= 4 is 15.9 Å². The Labute approximate surface area is 125 Å². The molecule has 1 rings (SSSR count). The quantitative estimate of drug-likeness (QED) is 0.704. The highest BCUT2D eigenvalue weighted by molar-refractivity contribution is 9.10. The molecule has 1 aromatic rings. The molecule has 1 N–H and O–H groups in total. The van der Waals surface area contributed by atoms with Crippen LogP contribution < -0.4 is 10.1 Å². The average molecular weight is 329 g/mol. The minimum absolute atomic E-state index is 0.771. The zero-order valence-corrected chi connectivity index (χ0v) is 13.8. The Morgan fingerprint density at radius 3 is 2.79 bits per heavy atom. The van der Waals surface area contributed by atoms with E-state index in [1.54, 1.807) is 0 Å². The van der Waals surface area contributed by atoms with E-state index in [0.717, 1.165) is 49.4 Å². The van der Waals surface area contributed by atoms with Gasteiger partial charge < -0.3 is 15.0 Å². The first kappa shape index (κ1) is 16.5. The number of benzene rings is 1. The maximum absolute atomic E-state index is 5.77. The average Bonchev–Trinajstić information content (AvgIpc) is 2.42. The summed E-state index contributed by atoms with van der Waals surface area (Å²) in [5.74, 6) is 0.987. The number of ether oxygens (including phenoxy) is 1. The van der Waals surface area contributed by atoms with E-state index in [0.29, 0.717) is 0 Å². The highest BCUT2D eigenvalue weighted by atomic mass is 79.9. The molecule has 4 heteroatoms. The van der Waals surface area contributed by atoms with Crippen LogP contribution in [0, 0.1) is 0 Å². The standard InChI is InChI=1S/C15H25BrN2O/c1-4-10-19-15-7-6-14(16)11-13(15)12-17-8-9-18(3)5-2/h6-7,11,17H,4-5,8-10,12H2,1-3H3. The molecule has 0 heterocycles. The molecule has 0 bridgehead atoms. The molecule has 0 atom stereocenters. The van der Waals surface area contributed by atoms with Crippen LogP contribution in [0.5, 0.6) is 5.75 Å². The van der Waals surface area contributed by atoms with E-state index in [1.807, 2.05) is 12.1 Å². The highest BCUT2D eigenvalue weighted by Gasteiger charge is 2.04. The van der Waals surface area contributed by atoms with Crippen molar-refractivity contribution in [3.05, 3.63) is 28.2 Å². The Hall–Kier alpha value is -0.580. The monoisotopic (exact) mass is 328 g/mol. The lowest BCUT2D eigenvalue weighted by Gasteiger charge is -2.15. The lowest BCUT2D eigenvalue weighted by atomic mass is 10.2. The maximum atomic E-state index is 5.77. The summed E-state index contributed by atoms with van der Waals surface area (Å²) in [6.07, 6.45) is 1.03. The minimum Gasteiger partial charge on any atom is -0.493 e. The fourth-order valence-electron chi connectivity index (χ4n) is 1.69. The van der Waals surface area contributed by atoms with Crippen molar-refractivity contribution in [1.82, 2.24) is 10.2 Å². The summed E-state index contributed by atoms with van der Waals surface area (Å²) >= 11 is 3.52. The maximum Gasteiger partial charge on any atom is 0.123 e. The van der Waals surface area contributed by atoms with Crippen LogP contribution in [0.2, 0.25) is 0 Å². The van der Waals surface area contributed by atoms with Gasteiger partial charge in [0.2, 0.25) is 0 Å². The lowest BCUT2D eigenvalue weighted by molar-refractivity contribution is 0.312. The summed E-state index contributed by atoms with van der Waals surface area (Å²) in [6.45, 7) is 9.05. The normalized spacial score (nSPS) is 11.0. The molecule has 0 aliphatic heterocycles. The molecule has 0 aliphatic carbocycles. The van der Waals surface area contributed by atoms with Gasteiger partial charge >= 0.3 is 0 Å². The molecule has 0 amide bonds. The summed E-state index contributed by atoms with van der Waals surface area (Å²) in [5, 5.41) is 3.47. The summed E-state index contributed by atoms with van der Waals surface area (Å²) in [6, 6.07) is 6.19. The SMILES string of the molecule is CCCOc1ccc(Br)cc1CNCCN(C)CC. The summed E-state index contributed by atoms with van der Waals surface area (Å²) < 4.78 is 6.87. The van der Waals surface area contributed by atoms with Crippen LogP contribution in [0.1, 0.15) is 25.8 Å². The molecular weight excluding hydrogens is 304 g/mol. The molecule has 108 valence electrons. The fraction of sp³-hybridized carbons (Fsp3) is 0.600. The Kier molecular flexibility index (Phi) is 8.10.